The molecule has 0 saturated carbocycles. The van der Waals surface area contributed by atoms with Crippen molar-refractivity contribution in [1.29, 1.82) is 10.9 Å². The number of amidine groups is 1. The van der Waals surface area contributed by atoms with Gasteiger partial charge in [0.2, 0.25) is 0 Å². The van der Waals surface area contributed by atoms with Gasteiger partial charge in [0.1, 0.15) is 6.61 Å². The lowest BCUT2D eigenvalue weighted by molar-refractivity contribution is 0.141. The Morgan fingerprint density at radius 1 is 1.38 bits per heavy atom. The van der Waals surface area contributed by atoms with Crippen LogP contribution in [0.1, 0.15) is 5.56 Å². The van der Waals surface area contributed by atoms with E-state index >= 15 is 0 Å². The molecule has 1 aromatic carbocycles. The monoisotopic (exact) mass is 220 g/mol. The number of benzene rings is 1. The van der Waals surface area contributed by atoms with E-state index in [1.165, 1.54) is 0 Å². The van der Waals surface area contributed by atoms with Gasteiger partial charge in [-0.3, -0.25) is 5.41 Å². The molecule has 0 aromatic heterocycles. The van der Waals surface area contributed by atoms with Crippen molar-refractivity contribution in [2.24, 2.45) is 5.11 Å². The number of carbonyl (C=O) groups excluding carboxylic acids is 1. The lowest BCUT2D eigenvalue weighted by Gasteiger charge is -2.05. The normalized spacial score (nSPS) is 9.25. The van der Waals surface area contributed by atoms with Gasteiger partial charge >= 0.3 is 6.09 Å². The molecule has 1 aromatic rings. The van der Waals surface area contributed by atoms with Gasteiger partial charge in [0.05, 0.1) is 6.54 Å². The predicted octanol–water partition coefficient (Wildman–Crippen LogP) is 1.92. The van der Waals surface area contributed by atoms with Crippen molar-refractivity contribution >= 4 is 11.9 Å². The number of hydrogen-bond acceptors (Lipinski definition) is 4. The largest absolute Gasteiger partial charge is 0.445 e. The molecule has 0 aliphatic heterocycles. The minimum Gasteiger partial charge on any atom is -0.445 e. The predicted molar refractivity (Wildman–Crippen MR) is 57.5 cm³/mol. The summed E-state index contributed by atoms with van der Waals surface area (Å²) in [6, 6.07) is 9.26. The maximum absolute atomic E-state index is 11.1. The first-order chi connectivity index (χ1) is 7.72. The van der Waals surface area contributed by atoms with E-state index in [1.54, 1.807) is 0 Å². The van der Waals surface area contributed by atoms with Crippen molar-refractivity contribution in [3.63, 3.8) is 0 Å². The van der Waals surface area contributed by atoms with E-state index in [2.05, 4.69) is 10.4 Å². The second-order valence-corrected chi connectivity index (χ2v) is 2.97. The topological polar surface area (TPSA) is 98.4 Å². The summed E-state index contributed by atoms with van der Waals surface area (Å²) in [5.74, 6) is -0.225. The molecule has 0 atom stereocenters. The van der Waals surface area contributed by atoms with Gasteiger partial charge in [0.15, 0.2) is 5.84 Å². The zero-order valence-electron chi connectivity index (χ0n) is 8.56. The summed E-state index contributed by atoms with van der Waals surface area (Å²) >= 11 is 0. The van der Waals surface area contributed by atoms with E-state index in [4.69, 9.17) is 15.7 Å². The van der Waals surface area contributed by atoms with Gasteiger partial charge in [-0.15, -0.1) is 5.11 Å². The van der Waals surface area contributed by atoms with E-state index in [-0.39, 0.29) is 19.0 Å². The van der Waals surface area contributed by atoms with Gasteiger partial charge in [-0.25, -0.2) is 10.3 Å². The third-order valence-electron chi connectivity index (χ3n) is 1.75. The van der Waals surface area contributed by atoms with Gasteiger partial charge in [0.25, 0.3) is 0 Å². The molecule has 0 bridgehead atoms. The Hall–Kier alpha value is -2.24. The van der Waals surface area contributed by atoms with E-state index in [0.717, 1.165) is 5.56 Å². The van der Waals surface area contributed by atoms with Crippen molar-refractivity contribution < 1.29 is 9.53 Å². The Morgan fingerprint density at radius 2 is 2.06 bits per heavy atom. The molecule has 0 fully saturated rings. The summed E-state index contributed by atoms with van der Waals surface area (Å²) in [4.78, 5) is 11.1. The standard InChI is InChI=1S/C10H12N4O2/c11-9(14-12)6-13-10(15)16-7-8-4-2-1-3-5-8/h1-5,11-12H,6-7H2,(H,13,15). The number of rotatable bonds is 4. The SMILES string of the molecule is N=NC(=N)CNC(=O)OCc1ccccc1. The molecule has 3 N–H and O–H groups in total. The summed E-state index contributed by atoms with van der Waals surface area (Å²) in [5, 5.41) is 12.1. The summed E-state index contributed by atoms with van der Waals surface area (Å²) in [6.07, 6.45) is -0.628. The zero-order valence-corrected chi connectivity index (χ0v) is 8.56. The van der Waals surface area contributed by atoms with Crippen LogP contribution >= 0.6 is 0 Å². The summed E-state index contributed by atoms with van der Waals surface area (Å²) < 4.78 is 4.87. The lowest BCUT2D eigenvalue weighted by Crippen LogP contribution is -2.28. The number of carbonyl (C=O) groups is 1. The van der Waals surface area contributed by atoms with Crippen LogP contribution in [0, 0.1) is 10.9 Å². The lowest BCUT2D eigenvalue weighted by atomic mass is 10.2. The smallest absolute Gasteiger partial charge is 0.407 e. The summed E-state index contributed by atoms with van der Waals surface area (Å²) in [5.41, 5.74) is 7.38. The van der Waals surface area contributed by atoms with Crippen molar-refractivity contribution in [1.82, 2.24) is 5.32 Å². The molecule has 1 amide bonds. The maximum Gasteiger partial charge on any atom is 0.407 e. The quantitative estimate of drug-likeness (QED) is 0.410. The number of amides is 1. The molecule has 0 aliphatic rings. The van der Waals surface area contributed by atoms with Gasteiger partial charge in [-0.05, 0) is 5.56 Å². The van der Waals surface area contributed by atoms with Crippen LogP contribution in [-0.2, 0) is 11.3 Å². The van der Waals surface area contributed by atoms with E-state index in [0.29, 0.717) is 0 Å². The minimum absolute atomic E-state index is 0.100. The fourth-order valence-electron chi connectivity index (χ4n) is 0.970. The maximum atomic E-state index is 11.1. The summed E-state index contributed by atoms with van der Waals surface area (Å²) in [7, 11) is 0. The molecule has 16 heavy (non-hydrogen) atoms. The first-order valence-electron chi connectivity index (χ1n) is 4.62. The van der Waals surface area contributed by atoms with Crippen LogP contribution in [0.15, 0.2) is 35.4 Å². The Morgan fingerprint density at radius 3 is 2.69 bits per heavy atom. The molecular formula is C10H12N4O2. The molecule has 0 radical (unpaired) electrons. The molecule has 0 saturated heterocycles. The van der Waals surface area contributed by atoms with Crippen molar-refractivity contribution in [3.05, 3.63) is 35.9 Å². The molecule has 0 spiro atoms. The van der Waals surface area contributed by atoms with Gasteiger partial charge in [0, 0.05) is 0 Å². The Labute approximate surface area is 92.6 Å². The van der Waals surface area contributed by atoms with Crippen LogP contribution in [0.25, 0.3) is 0 Å². The van der Waals surface area contributed by atoms with Crippen molar-refractivity contribution in [2.45, 2.75) is 6.61 Å². The first-order valence-corrected chi connectivity index (χ1v) is 4.62. The molecule has 84 valence electrons. The van der Waals surface area contributed by atoms with Crippen LogP contribution in [0.2, 0.25) is 0 Å². The molecule has 0 heterocycles. The number of nitrogens with zero attached hydrogens (tertiary/aromatic N) is 1. The fraction of sp³-hybridized carbons (Fsp3) is 0.200. The highest BCUT2D eigenvalue weighted by Crippen LogP contribution is 2.00. The fourth-order valence-corrected chi connectivity index (χ4v) is 0.970. The second kappa shape index (κ2) is 6.28. The third kappa shape index (κ3) is 4.32. The average Bonchev–Trinajstić information content (AvgIpc) is 2.34. The summed E-state index contributed by atoms with van der Waals surface area (Å²) in [6.45, 7) is 0.0785. The van der Waals surface area contributed by atoms with Crippen LogP contribution < -0.4 is 5.32 Å². The second-order valence-electron chi connectivity index (χ2n) is 2.97. The van der Waals surface area contributed by atoms with Crippen LogP contribution in [0.5, 0.6) is 0 Å². The Kier molecular flexibility index (Phi) is 4.65. The van der Waals surface area contributed by atoms with Crippen molar-refractivity contribution in [3.8, 4) is 0 Å². The van der Waals surface area contributed by atoms with Gasteiger partial charge in [-0.2, -0.15) is 0 Å². The number of ether oxygens (including phenoxy) is 1. The van der Waals surface area contributed by atoms with Crippen molar-refractivity contribution in [2.75, 3.05) is 6.54 Å². The number of alkyl carbamates (subject to hydrolysis) is 1. The van der Waals surface area contributed by atoms with Gasteiger partial charge in [-0.1, -0.05) is 30.3 Å². The number of hydrogen-bond donors (Lipinski definition) is 3. The van der Waals surface area contributed by atoms with E-state index < -0.39 is 6.09 Å². The van der Waals surface area contributed by atoms with E-state index in [1.807, 2.05) is 30.3 Å². The molecule has 1 rings (SSSR count). The Bertz CT molecular complexity index is 378. The molecule has 0 aliphatic carbocycles. The van der Waals surface area contributed by atoms with Crippen LogP contribution in [-0.4, -0.2) is 18.5 Å². The molecule has 0 unspecified atom stereocenters. The van der Waals surface area contributed by atoms with Gasteiger partial charge < -0.3 is 10.1 Å². The van der Waals surface area contributed by atoms with Crippen LogP contribution in [0.3, 0.4) is 0 Å². The average molecular weight is 220 g/mol. The highest BCUT2D eigenvalue weighted by molar-refractivity contribution is 5.84. The minimum atomic E-state index is -0.628. The molecular weight excluding hydrogens is 208 g/mol. The third-order valence-corrected chi connectivity index (χ3v) is 1.75. The van der Waals surface area contributed by atoms with E-state index in [9.17, 15) is 4.79 Å². The Balaban J connectivity index is 2.25. The first kappa shape index (κ1) is 11.8. The molecule has 6 nitrogen and oxygen atoms in total. The zero-order chi connectivity index (χ0) is 11.8. The highest BCUT2D eigenvalue weighted by Gasteiger charge is 2.03. The number of nitrogens with one attached hydrogen (secondary N) is 3. The van der Waals surface area contributed by atoms with Crippen LogP contribution in [0.4, 0.5) is 4.79 Å². The highest BCUT2D eigenvalue weighted by atomic mass is 16.5. The molecule has 6 heteroatoms.